The molecule has 106 valence electrons. The lowest BCUT2D eigenvalue weighted by atomic mass is 10.0. The van der Waals surface area contributed by atoms with Gasteiger partial charge in [0.05, 0.1) is 0 Å². The summed E-state index contributed by atoms with van der Waals surface area (Å²) in [5, 5.41) is 3.82. The summed E-state index contributed by atoms with van der Waals surface area (Å²) in [4.78, 5) is 5.20. The molecule has 1 N–H and O–H groups in total. The molecule has 2 saturated heterocycles. The van der Waals surface area contributed by atoms with Gasteiger partial charge in [0, 0.05) is 12.6 Å². The molecule has 3 nitrogen and oxygen atoms in total. The van der Waals surface area contributed by atoms with Crippen LogP contribution >= 0.6 is 0 Å². The van der Waals surface area contributed by atoms with Gasteiger partial charge in [-0.25, -0.2) is 0 Å². The Morgan fingerprint density at radius 3 is 2.33 bits per heavy atom. The molecule has 3 heteroatoms. The van der Waals surface area contributed by atoms with E-state index in [4.69, 9.17) is 0 Å². The predicted molar refractivity (Wildman–Crippen MR) is 78.0 cm³/mol. The topological polar surface area (TPSA) is 18.5 Å². The van der Waals surface area contributed by atoms with Crippen molar-refractivity contribution >= 4 is 0 Å². The van der Waals surface area contributed by atoms with Crippen LogP contribution in [-0.4, -0.2) is 61.7 Å². The summed E-state index contributed by atoms with van der Waals surface area (Å²) in [6.07, 6.45) is 5.40. The van der Waals surface area contributed by atoms with E-state index in [9.17, 15) is 0 Å². The molecule has 0 aromatic carbocycles. The first-order chi connectivity index (χ1) is 8.81. The highest BCUT2D eigenvalue weighted by atomic mass is 15.2. The molecule has 0 aliphatic carbocycles. The second kappa shape index (κ2) is 7.46. The van der Waals surface area contributed by atoms with Gasteiger partial charge in [-0.2, -0.15) is 0 Å². The number of hydrogen-bond donors (Lipinski definition) is 1. The third-order valence-electron chi connectivity index (χ3n) is 4.64. The van der Waals surface area contributed by atoms with Gasteiger partial charge in [0.15, 0.2) is 0 Å². The molecular formula is C15H31N3. The van der Waals surface area contributed by atoms with E-state index in [1.54, 1.807) is 0 Å². The van der Waals surface area contributed by atoms with Gasteiger partial charge >= 0.3 is 0 Å². The molecule has 0 radical (unpaired) electrons. The molecule has 0 aromatic rings. The number of nitrogens with one attached hydrogen (secondary N) is 1. The monoisotopic (exact) mass is 253 g/mol. The van der Waals surface area contributed by atoms with Crippen molar-refractivity contribution in [1.29, 1.82) is 0 Å². The zero-order valence-electron chi connectivity index (χ0n) is 12.3. The zero-order chi connectivity index (χ0) is 12.8. The summed E-state index contributed by atoms with van der Waals surface area (Å²) in [6.45, 7) is 13.6. The SMILES string of the molecule is CCCN1CCC(NCC2CCN(CC)C2)CC1. The predicted octanol–water partition coefficient (Wildman–Crippen LogP) is 1.79. The lowest BCUT2D eigenvalue weighted by Gasteiger charge is -2.32. The van der Waals surface area contributed by atoms with Crippen LogP contribution in [0.5, 0.6) is 0 Å². The standard InChI is InChI=1S/C15H31N3/c1-3-8-18-10-6-15(7-11-18)16-12-14-5-9-17(4-2)13-14/h14-16H,3-13H2,1-2H3. The lowest BCUT2D eigenvalue weighted by Crippen LogP contribution is -2.44. The average Bonchev–Trinajstić information content (AvgIpc) is 2.86. The Bertz CT molecular complexity index is 224. The van der Waals surface area contributed by atoms with Crippen molar-refractivity contribution in [1.82, 2.24) is 15.1 Å². The summed E-state index contributed by atoms with van der Waals surface area (Å²) >= 11 is 0. The number of hydrogen-bond acceptors (Lipinski definition) is 3. The highest BCUT2D eigenvalue weighted by Crippen LogP contribution is 2.16. The molecule has 2 rings (SSSR count). The molecule has 18 heavy (non-hydrogen) atoms. The molecule has 2 fully saturated rings. The van der Waals surface area contributed by atoms with Gasteiger partial charge in [-0.1, -0.05) is 13.8 Å². The minimum Gasteiger partial charge on any atom is -0.314 e. The van der Waals surface area contributed by atoms with Crippen LogP contribution < -0.4 is 5.32 Å². The number of piperidine rings is 1. The van der Waals surface area contributed by atoms with E-state index in [1.165, 1.54) is 71.5 Å². The van der Waals surface area contributed by atoms with Crippen molar-refractivity contribution < 1.29 is 0 Å². The van der Waals surface area contributed by atoms with Crippen molar-refractivity contribution in [2.45, 2.75) is 45.6 Å². The summed E-state index contributed by atoms with van der Waals surface area (Å²) in [7, 11) is 0. The maximum atomic E-state index is 3.82. The first-order valence-corrected chi connectivity index (χ1v) is 8.00. The molecule has 0 bridgehead atoms. The molecule has 0 aromatic heterocycles. The molecular weight excluding hydrogens is 222 g/mol. The largest absolute Gasteiger partial charge is 0.314 e. The van der Waals surface area contributed by atoms with Gasteiger partial charge in [0.25, 0.3) is 0 Å². The third kappa shape index (κ3) is 4.22. The first-order valence-electron chi connectivity index (χ1n) is 8.00. The van der Waals surface area contributed by atoms with Crippen molar-refractivity contribution in [2.24, 2.45) is 5.92 Å². The summed E-state index contributed by atoms with van der Waals surface area (Å²) in [6, 6.07) is 0.786. The molecule has 1 atom stereocenters. The van der Waals surface area contributed by atoms with Crippen LogP contribution in [0, 0.1) is 5.92 Å². The Kier molecular flexibility index (Phi) is 5.93. The average molecular weight is 253 g/mol. The number of nitrogens with zero attached hydrogens (tertiary/aromatic N) is 2. The maximum Gasteiger partial charge on any atom is 0.00915 e. The van der Waals surface area contributed by atoms with Crippen LogP contribution in [0.2, 0.25) is 0 Å². The number of likely N-dealkylation sites (tertiary alicyclic amines) is 2. The molecule has 0 amide bonds. The third-order valence-corrected chi connectivity index (χ3v) is 4.64. The van der Waals surface area contributed by atoms with Crippen LogP contribution in [0.3, 0.4) is 0 Å². The van der Waals surface area contributed by atoms with Crippen LogP contribution in [0.1, 0.15) is 39.5 Å². The van der Waals surface area contributed by atoms with Crippen LogP contribution in [0.25, 0.3) is 0 Å². The Morgan fingerprint density at radius 1 is 1.00 bits per heavy atom. The van der Waals surface area contributed by atoms with E-state index in [1.807, 2.05) is 0 Å². The summed E-state index contributed by atoms with van der Waals surface area (Å²) < 4.78 is 0. The van der Waals surface area contributed by atoms with Gasteiger partial charge in [0.2, 0.25) is 0 Å². The van der Waals surface area contributed by atoms with E-state index in [-0.39, 0.29) is 0 Å². The normalized spacial score (nSPS) is 28.0. The molecule has 0 spiro atoms. The second-order valence-electron chi connectivity index (χ2n) is 6.07. The second-order valence-corrected chi connectivity index (χ2v) is 6.07. The van der Waals surface area contributed by atoms with E-state index < -0.39 is 0 Å². The fourth-order valence-corrected chi connectivity index (χ4v) is 3.38. The van der Waals surface area contributed by atoms with Gasteiger partial charge in [-0.05, 0) is 70.9 Å². The molecule has 2 heterocycles. The minimum atomic E-state index is 0.786. The molecule has 2 aliphatic heterocycles. The van der Waals surface area contributed by atoms with Gasteiger partial charge < -0.3 is 15.1 Å². The van der Waals surface area contributed by atoms with Gasteiger partial charge in [-0.15, -0.1) is 0 Å². The van der Waals surface area contributed by atoms with E-state index in [0.717, 1.165) is 12.0 Å². The molecule has 2 aliphatic rings. The van der Waals surface area contributed by atoms with Gasteiger partial charge in [0.1, 0.15) is 0 Å². The van der Waals surface area contributed by atoms with Gasteiger partial charge in [-0.3, -0.25) is 0 Å². The van der Waals surface area contributed by atoms with E-state index >= 15 is 0 Å². The summed E-state index contributed by atoms with van der Waals surface area (Å²) in [5.41, 5.74) is 0. The Labute approximate surface area is 113 Å². The first kappa shape index (κ1) is 14.3. The van der Waals surface area contributed by atoms with Crippen LogP contribution in [-0.2, 0) is 0 Å². The highest BCUT2D eigenvalue weighted by molar-refractivity contribution is 4.81. The quantitative estimate of drug-likeness (QED) is 0.778. The van der Waals surface area contributed by atoms with E-state index in [2.05, 4.69) is 29.0 Å². The Balaban J connectivity index is 1.58. The fraction of sp³-hybridized carbons (Fsp3) is 1.00. The maximum absolute atomic E-state index is 3.82. The van der Waals surface area contributed by atoms with Crippen LogP contribution in [0.4, 0.5) is 0 Å². The smallest absolute Gasteiger partial charge is 0.00915 e. The molecule has 1 unspecified atom stereocenters. The fourth-order valence-electron chi connectivity index (χ4n) is 3.38. The van der Waals surface area contributed by atoms with E-state index in [0.29, 0.717) is 0 Å². The zero-order valence-corrected chi connectivity index (χ0v) is 12.3. The van der Waals surface area contributed by atoms with Crippen LogP contribution in [0.15, 0.2) is 0 Å². The van der Waals surface area contributed by atoms with Crippen molar-refractivity contribution in [2.75, 3.05) is 45.8 Å². The van der Waals surface area contributed by atoms with Crippen molar-refractivity contribution in [3.63, 3.8) is 0 Å². The number of rotatable bonds is 6. The Hall–Kier alpha value is -0.120. The minimum absolute atomic E-state index is 0.786. The van der Waals surface area contributed by atoms with Crippen molar-refractivity contribution in [3.05, 3.63) is 0 Å². The lowest BCUT2D eigenvalue weighted by molar-refractivity contribution is 0.195. The highest BCUT2D eigenvalue weighted by Gasteiger charge is 2.23. The van der Waals surface area contributed by atoms with Crippen molar-refractivity contribution in [3.8, 4) is 0 Å². The Morgan fingerprint density at radius 2 is 1.72 bits per heavy atom. The molecule has 0 saturated carbocycles. The summed E-state index contributed by atoms with van der Waals surface area (Å²) in [5.74, 6) is 0.902.